The van der Waals surface area contributed by atoms with E-state index < -0.39 is 29.8 Å². The largest absolute Gasteiger partial charge is 0.480 e. The SMILES string of the molecule is CC(C)(C)OC(=O)NCC(=S)N1CCC(O)[C@H]1C(=O)O. The molecule has 1 aliphatic heterocycles. The van der Waals surface area contributed by atoms with E-state index in [1.807, 2.05) is 0 Å². The van der Waals surface area contributed by atoms with Gasteiger partial charge in [0.1, 0.15) is 5.60 Å². The van der Waals surface area contributed by atoms with Crippen molar-refractivity contribution in [2.75, 3.05) is 13.1 Å². The van der Waals surface area contributed by atoms with Crippen molar-refractivity contribution in [3.8, 4) is 0 Å². The number of amides is 1. The predicted molar refractivity (Wildman–Crippen MR) is 75.6 cm³/mol. The molecular weight excluding hydrogens is 284 g/mol. The van der Waals surface area contributed by atoms with Crippen LogP contribution in [0.15, 0.2) is 0 Å². The van der Waals surface area contributed by atoms with Crippen molar-refractivity contribution in [2.24, 2.45) is 0 Å². The zero-order valence-electron chi connectivity index (χ0n) is 11.8. The van der Waals surface area contributed by atoms with Crippen LogP contribution in [0.2, 0.25) is 0 Å². The number of thiocarbonyl (C=S) groups is 1. The van der Waals surface area contributed by atoms with Gasteiger partial charge >= 0.3 is 12.1 Å². The van der Waals surface area contributed by atoms with Crippen molar-refractivity contribution in [3.05, 3.63) is 0 Å². The summed E-state index contributed by atoms with van der Waals surface area (Å²) in [5, 5.41) is 21.1. The van der Waals surface area contributed by atoms with Crippen LogP contribution in [0.25, 0.3) is 0 Å². The molecular formula is C12H20N2O5S. The molecule has 0 aromatic carbocycles. The quantitative estimate of drug-likeness (QED) is 0.647. The summed E-state index contributed by atoms with van der Waals surface area (Å²) in [7, 11) is 0. The summed E-state index contributed by atoms with van der Waals surface area (Å²) < 4.78 is 5.05. The molecule has 1 amide bonds. The lowest BCUT2D eigenvalue weighted by molar-refractivity contribution is -0.143. The molecule has 0 spiro atoms. The maximum Gasteiger partial charge on any atom is 0.408 e. The average Bonchev–Trinajstić information content (AvgIpc) is 2.65. The molecule has 114 valence electrons. The number of hydrogen-bond acceptors (Lipinski definition) is 5. The normalized spacial score (nSPS) is 22.5. The second-order valence-electron chi connectivity index (χ2n) is 5.58. The topological polar surface area (TPSA) is 99.1 Å². The van der Waals surface area contributed by atoms with Gasteiger partial charge in [-0.3, -0.25) is 0 Å². The zero-order valence-corrected chi connectivity index (χ0v) is 12.6. The smallest absolute Gasteiger partial charge is 0.408 e. The number of carboxylic acid groups (broad SMARTS) is 1. The molecule has 1 rings (SSSR count). The van der Waals surface area contributed by atoms with Crippen LogP contribution >= 0.6 is 12.2 Å². The second-order valence-corrected chi connectivity index (χ2v) is 6.05. The van der Waals surface area contributed by atoms with Crippen LogP contribution in [0, 0.1) is 0 Å². The van der Waals surface area contributed by atoms with E-state index in [9.17, 15) is 14.7 Å². The Hall–Kier alpha value is -1.41. The van der Waals surface area contributed by atoms with Gasteiger partial charge in [-0.05, 0) is 27.2 Å². The maximum atomic E-state index is 11.5. The molecule has 20 heavy (non-hydrogen) atoms. The summed E-state index contributed by atoms with van der Waals surface area (Å²) in [5.41, 5.74) is -0.612. The summed E-state index contributed by atoms with van der Waals surface area (Å²) >= 11 is 5.10. The third-order valence-electron chi connectivity index (χ3n) is 2.72. The van der Waals surface area contributed by atoms with Crippen molar-refractivity contribution in [1.82, 2.24) is 10.2 Å². The fourth-order valence-electron chi connectivity index (χ4n) is 1.92. The predicted octanol–water partition coefficient (Wildman–Crippen LogP) is 0.358. The third kappa shape index (κ3) is 4.61. The Morgan fingerprint density at radius 1 is 1.45 bits per heavy atom. The standard InChI is InChI=1S/C12H20N2O5S/c1-12(2,3)19-11(18)13-6-8(20)14-5-4-7(15)9(14)10(16)17/h7,9,15H,4-6H2,1-3H3,(H,13,18)(H,16,17)/t7?,9-/m0/s1. The number of carbonyl (C=O) groups excluding carboxylic acids is 1. The van der Waals surface area contributed by atoms with E-state index in [0.717, 1.165) is 0 Å². The first-order valence-electron chi connectivity index (χ1n) is 6.29. The summed E-state index contributed by atoms with van der Waals surface area (Å²) in [4.78, 5) is 24.2. The fraction of sp³-hybridized carbons (Fsp3) is 0.750. The first kappa shape index (κ1) is 16.6. The van der Waals surface area contributed by atoms with Gasteiger partial charge in [-0.1, -0.05) is 12.2 Å². The number of aliphatic hydroxyl groups excluding tert-OH is 1. The molecule has 8 heteroatoms. The monoisotopic (exact) mass is 304 g/mol. The first-order valence-corrected chi connectivity index (χ1v) is 6.70. The summed E-state index contributed by atoms with van der Waals surface area (Å²) in [6, 6.07) is -1.05. The van der Waals surface area contributed by atoms with Crippen molar-refractivity contribution in [1.29, 1.82) is 0 Å². The van der Waals surface area contributed by atoms with Crippen molar-refractivity contribution < 1.29 is 24.5 Å². The molecule has 2 atom stereocenters. The van der Waals surface area contributed by atoms with Crippen LogP contribution in [-0.2, 0) is 9.53 Å². The Kier molecular flexibility index (Phi) is 5.29. The molecule has 1 saturated heterocycles. The van der Waals surface area contributed by atoms with Crippen molar-refractivity contribution in [3.63, 3.8) is 0 Å². The molecule has 1 fully saturated rings. The van der Waals surface area contributed by atoms with Gasteiger partial charge in [0.15, 0.2) is 6.04 Å². The Labute approximate surface area is 122 Å². The molecule has 7 nitrogen and oxygen atoms in total. The minimum absolute atomic E-state index is 0.000741. The molecule has 0 saturated carbocycles. The maximum absolute atomic E-state index is 11.5. The molecule has 0 aromatic rings. The van der Waals surface area contributed by atoms with Gasteiger partial charge in [0.05, 0.1) is 17.6 Å². The number of carbonyl (C=O) groups is 2. The molecule has 3 N–H and O–H groups in total. The van der Waals surface area contributed by atoms with E-state index >= 15 is 0 Å². The number of nitrogens with one attached hydrogen (secondary N) is 1. The van der Waals surface area contributed by atoms with Gasteiger partial charge in [-0.15, -0.1) is 0 Å². The molecule has 0 aliphatic carbocycles. The Balaban J connectivity index is 2.51. The number of rotatable bonds is 3. The van der Waals surface area contributed by atoms with E-state index in [0.29, 0.717) is 13.0 Å². The molecule has 1 aliphatic rings. The van der Waals surface area contributed by atoms with E-state index in [-0.39, 0.29) is 11.5 Å². The van der Waals surface area contributed by atoms with Crippen LogP contribution in [0.3, 0.4) is 0 Å². The van der Waals surface area contributed by atoms with Crippen molar-refractivity contribution >= 4 is 29.3 Å². The second kappa shape index (κ2) is 6.36. The number of hydrogen-bond donors (Lipinski definition) is 3. The van der Waals surface area contributed by atoms with Crippen LogP contribution in [0.4, 0.5) is 4.79 Å². The van der Waals surface area contributed by atoms with Gasteiger partial charge in [-0.2, -0.15) is 0 Å². The number of ether oxygens (including phenoxy) is 1. The van der Waals surface area contributed by atoms with Crippen LogP contribution in [0.5, 0.6) is 0 Å². The van der Waals surface area contributed by atoms with E-state index in [1.165, 1.54) is 4.90 Å². The van der Waals surface area contributed by atoms with Crippen LogP contribution in [0.1, 0.15) is 27.2 Å². The Morgan fingerprint density at radius 3 is 2.55 bits per heavy atom. The average molecular weight is 304 g/mol. The number of carboxylic acids is 1. The van der Waals surface area contributed by atoms with Crippen molar-refractivity contribution in [2.45, 2.75) is 44.9 Å². The summed E-state index contributed by atoms with van der Waals surface area (Å²) in [6.45, 7) is 5.57. The zero-order chi connectivity index (χ0) is 15.5. The van der Waals surface area contributed by atoms with Crippen LogP contribution < -0.4 is 5.32 Å². The van der Waals surface area contributed by atoms with Gasteiger partial charge in [0, 0.05) is 6.54 Å². The number of aliphatic hydroxyl groups is 1. The summed E-state index contributed by atoms with van der Waals surface area (Å²) in [5.74, 6) is -1.13. The van der Waals surface area contributed by atoms with Crippen LogP contribution in [-0.4, -0.2) is 63.0 Å². The minimum atomic E-state index is -1.13. The highest BCUT2D eigenvalue weighted by molar-refractivity contribution is 7.80. The Morgan fingerprint density at radius 2 is 2.05 bits per heavy atom. The fourth-order valence-corrected chi connectivity index (χ4v) is 2.19. The molecule has 0 bridgehead atoms. The van der Waals surface area contributed by atoms with Gasteiger partial charge in [0.25, 0.3) is 0 Å². The number of likely N-dealkylation sites (tertiary alicyclic amines) is 1. The van der Waals surface area contributed by atoms with E-state index in [4.69, 9.17) is 22.1 Å². The van der Waals surface area contributed by atoms with E-state index in [2.05, 4.69) is 5.32 Å². The number of alkyl carbamates (subject to hydrolysis) is 1. The number of aliphatic carboxylic acids is 1. The Bertz CT molecular complexity index is 407. The van der Waals surface area contributed by atoms with Gasteiger partial charge < -0.3 is 25.2 Å². The highest BCUT2D eigenvalue weighted by atomic mass is 32.1. The lowest BCUT2D eigenvalue weighted by Crippen LogP contribution is -2.48. The minimum Gasteiger partial charge on any atom is -0.480 e. The highest BCUT2D eigenvalue weighted by Gasteiger charge is 2.39. The van der Waals surface area contributed by atoms with E-state index in [1.54, 1.807) is 20.8 Å². The number of nitrogens with zero attached hydrogens (tertiary/aromatic N) is 1. The molecule has 0 radical (unpaired) electrons. The first-order chi connectivity index (χ1) is 9.11. The lowest BCUT2D eigenvalue weighted by Gasteiger charge is -2.26. The molecule has 1 heterocycles. The third-order valence-corrected chi connectivity index (χ3v) is 3.10. The lowest BCUT2D eigenvalue weighted by atomic mass is 10.2. The molecule has 0 aromatic heterocycles. The van der Waals surface area contributed by atoms with Gasteiger partial charge in [-0.25, -0.2) is 9.59 Å². The highest BCUT2D eigenvalue weighted by Crippen LogP contribution is 2.19. The van der Waals surface area contributed by atoms with Gasteiger partial charge in [0.2, 0.25) is 0 Å². The summed E-state index contributed by atoms with van der Waals surface area (Å²) in [6.07, 6.45) is -1.23. The molecule has 1 unspecified atom stereocenters.